The van der Waals surface area contributed by atoms with E-state index in [4.69, 9.17) is 14.2 Å². The average molecular weight is 302 g/mol. The minimum absolute atomic E-state index is 0.195. The summed E-state index contributed by atoms with van der Waals surface area (Å²) in [5.41, 5.74) is 2.54. The van der Waals surface area contributed by atoms with E-state index >= 15 is 0 Å². The SMILES string of the molecule is C=C(C)C[C@@H](OC(=O)c1ccc(OC)cc1)[C@@H]1OCC=C1C. The van der Waals surface area contributed by atoms with Gasteiger partial charge in [0.15, 0.2) is 0 Å². The lowest BCUT2D eigenvalue weighted by atomic mass is 10.0. The van der Waals surface area contributed by atoms with Crippen LogP contribution in [0.2, 0.25) is 0 Å². The second-order valence-electron chi connectivity index (χ2n) is 5.54. The molecule has 4 nitrogen and oxygen atoms in total. The fourth-order valence-corrected chi connectivity index (χ4v) is 2.42. The molecule has 0 N–H and O–H groups in total. The maximum Gasteiger partial charge on any atom is 0.338 e. The van der Waals surface area contributed by atoms with Gasteiger partial charge in [-0.05, 0) is 43.7 Å². The topological polar surface area (TPSA) is 44.8 Å². The zero-order chi connectivity index (χ0) is 16.1. The van der Waals surface area contributed by atoms with Crippen molar-refractivity contribution < 1.29 is 19.0 Å². The maximum absolute atomic E-state index is 12.3. The smallest absolute Gasteiger partial charge is 0.338 e. The molecule has 0 saturated heterocycles. The fraction of sp³-hybridized carbons (Fsp3) is 0.389. The normalized spacial score (nSPS) is 18.5. The summed E-state index contributed by atoms with van der Waals surface area (Å²) in [7, 11) is 1.59. The van der Waals surface area contributed by atoms with Gasteiger partial charge in [0, 0.05) is 6.42 Å². The summed E-state index contributed by atoms with van der Waals surface area (Å²) >= 11 is 0. The molecule has 0 spiro atoms. The van der Waals surface area contributed by atoms with Crippen molar-refractivity contribution in [3.63, 3.8) is 0 Å². The molecule has 1 aromatic carbocycles. The molecular formula is C18H22O4. The summed E-state index contributed by atoms with van der Waals surface area (Å²) < 4.78 is 16.4. The van der Waals surface area contributed by atoms with Crippen LogP contribution in [-0.4, -0.2) is 31.9 Å². The van der Waals surface area contributed by atoms with E-state index in [1.807, 2.05) is 19.9 Å². The molecule has 1 aliphatic heterocycles. The zero-order valence-corrected chi connectivity index (χ0v) is 13.3. The van der Waals surface area contributed by atoms with Crippen LogP contribution in [0.3, 0.4) is 0 Å². The highest BCUT2D eigenvalue weighted by molar-refractivity contribution is 5.89. The largest absolute Gasteiger partial charge is 0.497 e. The molecular weight excluding hydrogens is 280 g/mol. The minimum Gasteiger partial charge on any atom is -0.497 e. The van der Waals surface area contributed by atoms with Crippen LogP contribution in [0.25, 0.3) is 0 Å². The summed E-state index contributed by atoms with van der Waals surface area (Å²) in [6, 6.07) is 6.86. The summed E-state index contributed by atoms with van der Waals surface area (Å²) in [6.07, 6.45) is 2.04. The highest BCUT2D eigenvalue weighted by atomic mass is 16.6. The first-order valence-corrected chi connectivity index (χ1v) is 7.29. The molecule has 118 valence electrons. The van der Waals surface area contributed by atoms with Crippen LogP contribution in [0.4, 0.5) is 0 Å². The molecule has 22 heavy (non-hydrogen) atoms. The van der Waals surface area contributed by atoms with Crippen LogP contribution in [0.15, 0.2) is 48.1 Å². The Hall–Kier alpha value is -2.07. The predicted molar refractivity (Wildman–Crippen MR) is 85.1 cm³/mol. The van der Waals surface area contributed by atoms with Crippen molar-refractivity contribution in [3.05, 3.63) is 53.6 Å². The first-order chi connectivity index (χ1) is 10.5. The van der Waals surface area contributed by atoms with Crippen LogP contribution in [0.1, 0.15) is 30.6 Å². The summed E-state index contributed by atoms with van der Waals surface area (Å²) in [6.45, 7) is 8.38. The lowest BCUT2D eigenvalue weighted by Gasteiger charge is -2.25. The predicted octanol–water partition coefficient (Wildman–Crippen LogP) is 3.53. The van der Waals surface area contributed by atoms with Gasteiger partial charge in [0.1, 0.15) is 18.0 Å². The van der Waals surface area contributed by atoms with E-state index in [0.717, 1.165) is 11.1 Å². The molecule has 0 aliphatic carbocycles. The van der Waals surface area contributed by atoms with Crippen molar-refractivity contribution in [2.24, 2.45) is 0 Å². The Balaban J connectivity index is 2.09. The number of carbonyl (C=O) groups excluding carboxylic acids is 1. The molecule has 1 heterocycles. The minimum atomic E-state index is -0.364. The third-order valence-corrected chi connectivity index (χ3v) is 3.60. The molecule has 2 rings (SSSR count). The van der Waals surface area contributed by atoms with E-state index in [-0.39, 0.29) is 18.2 Å². The quantitative estimate of drug-likeness (QED) is 0.595. The number of hydrogen-bond acceptors (Lipinski definition) is 4. The Morgan fingerprint density at radius 2 is 2.09 bits per heavy atom. The maximum atomic E-state index is 12.3. The molecule has 0 unspecified atom stereocenters. The molecule has 0 fully saturated rings. The molecule has 0 radical (unpaired) electrons. The number of benzene rings is 1. The number of ether oxygens (including phenoxy) is 3. The third-order valence-electron chi connectivity index (χ3n) is 3.60. The summed E-state index contributed by atoms with van der Waals surface area (Å²) in [4.78, 5) is 12.3. The van der Waals surface area contributed by atoms with Gasteiger partial charge < -0.3 is 14.2 Å². The van der Waals surface area contributed by atoms with Crippen LogP contribution < -0.4 is 4.74 Å². The molecule has 1 aliphatic rings. The molecule has 4 heteroatoms. The Labute approximate surface area is 131 Å². The van der Waals surface area contributed by atoms with Gasteiger partial charge >= 0.3 is 5.97 Å². The van der Waals surface area contributed by atoms with E-state index in [1.165, 1.54) is 0 Å². The second-order valence-corrected chi connectivity index (χ2v) is 5.54. The van der Waals surface area contributed by atoms with Crippen LogP contribution >= 0.6 is 0 Å². The van der Waals surface area contributed by atoms with Gasteiger partial charge in [-0.3, -0.25) is 0 Å². The first-order valence-electron chi connectivity index (χ1n) is 7.29. The van der Waals surface area contributed by atoms with E-state index in [2.05, 4.69) is 6.58 Å². The van der Waals surface area contributed by atoms with Crippen molar-refractivity contribution in [2.45, 2.75) is 32.5 Å². The van der Waals surface area contributed by atoms with Gasteiger partial charge in [0.2, 0.25) is 0 Å². The van der Waals surface area contributed by atoms with Gasteiger partial charge in [-0.25, -0.2) is 4.79 Å². The lowest BCUT2D eigenvalue weighted by molar-refractivity contribution is -0.0218. The third kappa shape index (κ3) is 3.98. The van der Waals surface area contributed by atoms with E-state index in [9.17, 15) is 4.79 Å². The van der Waals surface area contributed by atoms with Gasteiger partial charge in [-0.2, -0.15) is 0 Å². The van der Waals surface area contributed by atoms with Crippen LogP contribution in [0.5, 0.6) is 5.75 Å². The van der Waals surface area contributed by atoms with Crippen molar-refractivity contribution >= 4 is 5.97 Å². The van der Waals surface area contributed by atoms with Gasteiger partial charge in [0.25, 0.3) is 0 Å². The molecule has 0 amide bonds. The van der Waals surface area contributed by atoms with Gasteiger partial charge in [-0.15, -0.1) is 0 Å². The molecule has 0 saturated carbocycles. The Morgan fingerprint density at radius 1 is 1.41 bits per heavy atom. The van der Waals surface area contributed by atoms with Crippen molar-refractivity contribution in [1.82, 2.24) is 0 Å². The standard InChI is InChI=1S/C18H22O4/c1-12(2)11-16(17-13(3)9-10-21-17)22-18(19)14-5-7-15(20-4)8-6-14/h5-9,16-17H,1,10-11H2,2-4H3/t16-,17-/m1/s1. The Kier molecular flexibility index (Phi) is 5.39. The highest BCUT2D eigenvalue weighted by Crippen LogP contribution is 2.24. The van der Waals surface area contributed by atoms with Crippen LogP contribution in [0, 0.1) is 0 Å². The Morgan fingerprint density at radius 3 is 2.59 bits per heavy atom. The first kappa shape index (κ1) is 16.3. The number of esters is 1. The van der Waals surface area contributed by atoms with Crippen molar-refractivity contribution in [3.8, 4) is 5.75 Å². The molecule has 0 aromatic heterocycles. The summed E-state index contributed by atoms with van der Waals surface area (Å²) in [5, 5.41) is 0. The van der Waals surface area contributed by atoms with Gasteiger partial charge in [0.05, 0.1) is 19.3 Å². The molecule has 0 bridgehead atoms. The number of methoxy groups -OCH3 is 1. The lowest BCUT2D eigenvalue weighted by Crippen LogP contribution is -2.32. The van der Waals surface area contributed by atoms with E-state index in [0.29, 0.717) is 24.3 Å². The zero-order valence-electron chi connectivity index (χ0n) is 13.3. The highest BCUT2D eigenvalue weighted by Gasteiger charge is 2.30. The average Bonchev–Trinajstić information content (AvgIpc) is 2.92. The fourth-order valence-electron chi connectivity index (χ4n) is 2.42. The molecule has 2 atom stereocenters. The Bertz CT molecular complexity index is 571. The van der Waals surface area contributed by atoms with E-state index < -0.39 is 0 Å². The number of rotatable bonds is 6. The van der Waals surface area contributed by atoms with E-state index in [1.54, 1.807) is 31.4 Å². The van der Waals surface area contributed by atoms with Crippen molar-refractivity contribution in [2.75, 3.05) is 13.7 Å². The summed E-state index contributed by atoms with van der Waals surface area (Å²) in [5.74, 6) is 0.338. The molecule has 1 aromatic rings. The van der Waals surface area contributed by atoms with Crippen LogP contribution in [-0.2, 0) is 9.47 Å². The van der Waals surface area contributed by atoms with Gasteiger partial charge in [-0.1, -0.05) is 18.2 Å². The second kappa shape index (κ2) is 7.27. The monoisotopic (exact) mass is 302 g/mol. The number of carbonyl (C=O) groups is 1. The van der Waals surface area contributed by atoms with Crippen molar-refractivity contribution in [1.29, 1.82) is 0 Å². The number of hydrogen-bond donors (Lipinski definition) is 0.